The summed E-state index contributed by atoms with van der Waals surface area (Å²) in [6.45, 7) is 6.47. The third kappa shape index (κ3) is 3.78. The summed E-state index contributed by atoms with van der Waals surface area (Å²) in [5, 5.41) is 8.69. The Morgan fingerprint density at radius 1 is 1.44 bits per heavy atom. The topological polar surface area (TPSA) is 46.5 Å². The molecule has 1 fully saturated rings. The minimum absolute atomic E-state index is 0.0581. The number of esters is 1. The highest BCUT2D eigenvalue weighted by molar-refractivity contribution is 5.69. The van der Waals surface area contributed by atoms with Gasteiger partial charge in [0.15, 0.2) is 0 Å². The van der Waals surface area contributed by atoms with Crippen LogP contribution >= 0.6 is 0 Å². The van der Waals surface area contributed by atoms with Crippen LogP contribution < -0.4 is 0 Å². The Bertz CT molecular complexity index is 225. The first-order chi connectivity index (χ1) is 7.54. The number of hydrogen-bond donors (Lipinski definition) is 1. The minimum Gasteiger partial charge on any atom is -0.462 e. The molecule has 3 nitrogen and oxygen atoms in total. The Balaban J connectivity index is 2.54. The number of rotatable bonds is 4. The number of aliphatic hydroxyl groups excluding tert-OH is 1. The van der Waals surface area contributed by atoms with Crippen molar-refractivity contribution in [2.45, 2.75) is 52.6 Å². The monoisotopic (exact) mass is 228 g/mol. The maximum Gasteiger partial charge on any atom is 0.308 e. The Hall–Kier alpha value is -0.570. The number of aliphatic hydroxyl groups is 1. The zero-order valence-corrected chi connectivity index (χ0v) is 10.6. The van der Waals surface area contributed by atoms with Gasteiger partial charge in [0.25, 0.3) is 0 Å². The normalized spacial score (nSPS) is 30.4. The molecule has 1 N–H and O–H groups in total. The van der Waals surface area contributed by atoms with Crippen LogP contribution in [0.3, 0.4) is 0 Å². The first-order valence-corrected chi connectivity index (χ1v) is 6.35. The molecule has 0 aromatic rings. The maximum atomic E-state index is 11.4. The SMILES string of the molecule is CC1CCC(C(C)C)C(OC(=O)CCO)C1. The lowest BCUT2D eigenvalue weighted by atomic mass is 9.75. The highest BCUT2D eigenvalue weighted by atomic mass is 16.5. The lowest BCUT2D eigenvalue weighted by molar-refractivity contribution is -0.156. The van der Waals surface area contributed by atoms with Crippen molar-refractivity contribution < 1.29 is 14.6 Å². The summed E-state index contributed by atoms with van der Waals surface area (Å²) >= 11 is 0. The molecule has 0 saturated heterocycles. The standard InChI is InChI=1S/C13H24O3/c1-9(2)11-5-4-10(3)8-12(11)16-13(15)6-7-14/h9-12,14H,4-8H2,1-3H3. The van der Waals surface area contributed by atoms with E-state index in [4.69, 9.17) is 9.84 Å². The summed E-state index contributed by atoms with van der Waals surface area (Å²) in [6.07, 6.45) is 3.53. The van der Waals surface area contributed by atoms with Gasteiger partial charge in [0.05, 0.1) is 13.0 Å². The molecule has 0 aromatic heterocycles. The molecular weight excluding hydrogens is 204 g/mol. The van der Waals surface area contributed by atoms with Gasteiger partial charge < -0.3 is 9.84 Å². The van der Waals surface area contributed by atoms with Gasteiger partial charge in [0.2, 0.25) is 0 Å². The van der Waals surface area contributed by atoms with Crippen molar-refractivity contribution in [3.63, 3.8) is 0 Å². The van der Waals surface area contributed by atoms with E-state index in [9.17, 15) is 4.79 Å². The number of hydrogen-bond acceptors (Lipinski definition) is 3. The summed E-state index contributed by atoms with van der Waals surface area (Å²) in [4.78, 5) is 11.4. The van der Waals surface area contributed by atoms with Gasteiger partial charge >= 0.3 is 5.97 Å². The molecule has 1 aliphatic carbocycles. The zero-order chi connectivity index (χ0) is 12.1. The average Bonchev–Trinajstić information content (AvgIpc) is 2.17. The van der Waals surface area contributed by atoms with Crippen LogP contribution in [0.2, 0.25) is 0 Å². The molecule has 1 rings (SSSR count). The molecule has 0 aliphatic heterocycles. The van der Waals surface area contributed by atoms with E-state index in [1.54, 1.807) is 0 Å². The maximum absolute atomic E-state index is 11.4. The lowest BCUT2D eigenvalue weighted by Crippen LogP contribution is -2.36. The molecular formula is C13H24O3. The Morgan fingerprint density at radius 3 is 2.69 bits per heavy atom. The van der Waals surface area contributed by atoms with Crippen LogP contribution in [0.4, 0.5) is 0 Å². The molecule has 94 valence electrons. The zero-order valence-electron chi connectivity index (χ0n) is 10.6. The van der Waals surface area contributed by atoms with Crippen molar-refractivity contribution in [2.75, 3.05) is 6.61 Å². The van der Waals surface area contributed by atoms with Crippen LogP contribution in [0.1, 0.15) is 46.5 Å². The van der Waals surface area contributed by atoms with Crippen LogP contribution in [0, 0.1) is 17.8 Å². The van der Waals surface area contributed by atoms with Gasteiger partial charge in [-0.05, 0) is 30.6 Å². The highest BCUT2D eigenvalue weighted by Crippen LogP contribution is 2.35. The van der Waals surface area contributed by atoms with E-state index in [-0.39, 0.29) is 25.1 Å². The fourth-order valence-electron chi connectivity index (χ4n) is 2.57. The van der Waals surface area contributed by atoms with E-state index in [1.807, 2.05) is 0 Å². The summed E-state index contributed by atoms with van der Waals surface area (Å²) < 4.78 is 5.48. The fraction of sp³-hybridized carbons (Fsp3) is 0.923. The largest absolute Gasteiger partial charge is 0.462 e. The Kier molecular flexibility index (Phi) is 5.26. The van der Waals surface area contributed by atoms with E-state index in [0.29, 0.717) is 17.8 Å². The number of carbonyl (C=O) groups is 1. The van der Waals surface area contributed by atoms with Crippen LogP contribution in [0.5, 0.6) is 0 Å². The van der Waals surface area contributed by atoms with E-state index in [2.05, 4.69) is 20.8 Å². The smallest absolute Gasteiger partial charge is 0.308 e. The van der Waals surface area contributed by atoms with Gasteiger partial charge in [-0.3, -0.25) is 4.79 Å². The Labute approximate surface area is 98.2 Å². The molecule has 16 heavy (non-hydrogen) atoms. The van der Waals surface area contributed by atoms with Gasteiger partial charge in [0.1, 0.15) is 6.10 Å². The molecule has 0 bridgehead atoms. The molecule has 0 heterocycles. The van der Waals surface area contributed by atoms with E-state index in [0.717, 1.165) is 12.8 Å². The molecule has 3 atom stereocenters. The van der Waals surface area contributed by atoms with Crippen molar-refractivity contribution in [2.24, 2.45) is 17.8 Å². The van der Waals surface area contributed by atoms with Gasteiger partial charge in [0, 0.05) is 0 Å². The molecule has 3 unspecified atom stereocenters. The number of carbonyl (C=O) groups excluding carboxylic acids is 1. The second-order valence-corrected chi connectivity index (χ2v) is 5.33. The van der Waals surface area contributed by atoms with Crippen molar-refractivity contribution in [1.29, 1.82) is 0 Å². The van der Waals surface area contributed by atoms with Crippen LogP contribution in [0.15, 0.2) is 0 Å². The van der Waals surface area contributed by atoms with Crippen LogP contribution in [0.25, 0.3) is 0 Å². The average molecular weight is 228 g/mol. The second kappa shape index (κ2) is 6.24. The predicted octanol–water partition coefficient (Wildman–Crippen LogP) is 2.37. The van der Waals surface area contributed by atoms with Crippen molar-refractivity contribution in [3.05, 3.63) is 0 Å². The molecule has 1 saturated carbocycles. The second-order valence-electron chi connectivity index (χ2n) is 5.33. The van der Waals surface area contributed by atoms with E-state index >= 15 is 0 Å². The van der Waals surface area contributed by atoms with Crippen molar-refractivity contribution in [3.8, 4) is 0 Å². The van der Waals surface area contributed by atoms with Gasteiger partial charge in [-0.25, -0.2) is 0 Å². The van der Waals surface area contributed by atoms with Crippen molar-refractivity contribution in [1.82, 2.24) is 0 Å². The van der Waals surface area contributed by atoms with E-state index in [1.165, 1.54) is 6.42 Å². The molecule has 0 amide bonds. The molecule has 1 aliphatic rings. The number of ether oxygens (including phenoxy) is 1. The summed E-state index contributed by atoms with van der Waals surface area (Å²) in [5.41, 5.74) is 0. The molecule has 3 heteroatoms. The quantitative estimate of drug-likeness (QED) is 0.751. The van der Waals surface area contributed by atoms with E-state index < -0.39 is 0 Å². The third-order valence-corrected chi connectivity index (χ3v) is 3.56. The van der Waals surface area contributed by atoms with Crippen molar-refractivity contribution >= 4 is 5.97 Å². The van der Waals surface area contributed by atoms with Gasteiger partial charge in [-0.1, -0.05) is 27.2 Å². The summed E-state index contributed by atoms with van der Waals surface area (Å²) in [6, 6.07) is 0. The third-order valence-electron chi connectivity index (χ3n) is 3.56. The minimum atomic E-state index is -0.257. The first-order valence-electron chi connectivity index (χ1n) is 6.35. The van der Waals surface area contributed by atoms with Crippen LogP contribution in [-0.2, 0) is 9.53 Å². The van der Waals surface area contributed by atoms with Gasteiger partial charge in [-0.2, -0.15) is 0 Å². The summed E-state index contributed by atoms with van der Waals surface area (Å²) in [5.74, 6) is 1.42. The molecule has 0 spiro atoms. The van der Waals surface area contributed by atoms with Gasteiger partial charge in [-0.15, -0.1) is 0 Å². The highest BCUT2D eigenvalue weighted by Gasteiger charge is 2.33. The fourth-order valence-corrected chi connectivity index (χ4v) is 2.57. The predicted molar refractivity (Wildman–Crippen MR) is 62.9 cm³/mol. The Morgan fingerprint density at radius 2 is 2.12 bits per heavy atom. The summed E-state index contributed by atoms with van der Waals surface area (Å²) in [7, 11) is 0. The molecule has 0 radical (unpaired) electrons. The first kappa shape index (κ1) is 13.5. The molecule has 0 aromatic carbocycles. The lowest BCUT2D eigenvalue weighted by Gasteiger charge is -2.36. The van der Waals surface area contributed by atoms with Crippen LogP contribution in [-0.4, -0.2) is 23.8 Å².